The molecule has 0 radical (unpaired) electrons. The van der Waals surface area contributed by atoms with Gasteiger partial charge >= 0.3 is 0 Å². The van der Waals surface area contributed by atoms with Crippen molar-refractivity contribution in [3.8, 4) is 0 Å². The van der Waals surface area contributed by atoms with Gasteiger partial charge < -0.3 is 10.6 Å². The lowest BCUT2D eigenvalue weighted by atomic mass is 10.2. The highest BCUT2D eigenvalue weighted by atomic mass is 32.2. The van der Waals surface area contributed by atoms with E-state index in [2.05, 4.69) is 41.8 Å². The topological polar surface area (TPSA) is 58.2 Å². The van der Waals surface area contributed by atoms with Crippen molar-refractivity contribution in [3.05, 3.63) is 46.8 Å². The van der Waals surface area contributed by atoms with Gasteiger partial charge in [0.15, 0.2) is 0 Å². The van der Waals surface area contributed by atoms with E-state index < -0.39 is 0 Å². The standard InChI is InChI=1S/C16H18N2O2S2/c1-11-3-5-13(6-4-11)21-10-9-17-16(20)14-7-8-15(22-14)18-12(2)19/h3-8H,9-10H2,1-2H3,(H,17,20)(H,18,19). The van der Waals surface area contributed by atoms with E-state index in [9.17, 15) is 9.59 Å². The molecule has 0 spiro atoms. The molecule has 0 aliphatic carbocycles. The fraction of sp³-hybridized carbons (Fsp3) is 0.250. The summed E-state index contributed by atoms with van der Waals surface area (Å²) < 4.78 is 0. The van der Waals surface area contributed by atoms with Gasteiger partial charge in [-0.05, 0) is 31.2 Å². The summed E-state index contributed by atoms with van der Waals surface area (Å²) in [4.78, 5) is 24.7. The van der Waals surface area contributed by atoms with Crippen molar-refractivity contribution < 1.29 is 9.59 Å². The second kappa shape index (κ2) is 8.00. The minimum Gasteiger partial charge on any atom is -0.350 e. The second-order valence-corrected chi connectivity index (χ2v) is 7.01. The number of hydrogen-bond donors (Lipinski definition) is 2. The van der Waals surface area contributed by atoms with Crippen LogP contribution in [0.3, 0.4) is 0 Å². The summed E-state index contributed by atoms with van der Waals surface area (Å²) in [7, 11) is 0. The Hall–Kier alpha value is -1.79. The van der Waals surface area contributed by atoms with Gasteiger partial charge in [0.05, 0.1) is 9.88 Å². The average molecular weight is 334 g/mol. The first-order valence-corrected chi connectivity index (χ1v) is 8.70. The Kier molecular flexibility index (Phi) is 6.03. The number of thiophene rings is 1. The molecule has 4 nitrogen and oxygen atoms in total. The Morgan fingerprint density at radius 1 is 1.14 bits per heavy atom. The lowest BCUT2D eigenvalue weighted by molar-refractivity contribution is -0.114. The number of anilines is 1. The molecule has 2 N–H and O–H groups in total. The molecule has 1 aromatic carbocycles. The van der Waals surface area contributed by atoms with E-state index >= 15 is 0 Å². The van der Waals surface area contributed by atoms with Gasteiger partial charge in [-0.1, -0.05) is 17.7 Å². The second-order valence-electron chi connectivity index (χ2n) is 4.76. The van der Waals surface area contributed by atoms with Crippen LogP contribution in [-0.2, 0) is 4.79 Å². The van der Waals surface area contributed by atoms with Gasteiger partial charge in [-0.2, -0.15) is 0 Å². The highest BCUT2D eigenvalue weighted by Crippen LogP contribution is 2.22. The first kappa shape index (κ1) is 16.6. The maximum absolute atomic E-state index is 12.0. The van der Waals surface area contributed by atoms with Crippen LogP contribution in [0, 0.1) is 6.92 Å². The van der Waals surface area contributed by atoms with Gasteiger partial charge in [-0.15, -0.1) is 23.1 Å². The van der Waals surface area contributed by atoms with Crippen molar-refractivity contribution in [3.63, 3.8) is 0 Å². The van der Waals surface area contributed by atoms with E-state index in [0.717, 1.165) is 5.75 Å². The molecule has 0 bridgehead atoms. The molecule has 116 valence electrons. The SMILES string of the molecule is CC(=O)Nc1ccc(C(=O)NCCSc2ccc(C)cc2)s1. The molecule has 2 rings (SSSR count). The summed E-state index contributed by atoms with van der Waals surface area (Å²) in [6, 6.07) is 11.8. The number of thioether (sulfide) groups is 1. The summed E-state index contributed by atoms with van der Waals surface area (Å²) >= 11 is 2.99. The first-order chi connectivity index (χ1) is 10.5. The summed E-state index contributed by atoms with van der Waals surface area (Å²) in [6.07, 6.45) is 0. The van der Waals surface area contributed by atoms with Gasteiger partial charge in [0.1, 0.15) is 0 Å². The van der Waals surface area contributed by atoms with Crippen molar-refractivity contribution in [2.75, 3.05) is 17.6 Å². The molecule has 0 saturated carbocycles. The Labute approximate surface area is 138 Å². The molecular formula is C16H18N2O2S2. The van der Waals surface area contributed by atoms with Crippen molar-refractivity contribution in [1.82, 2.24) is 5.32 Å². The molecule has 6 heteroatoms. The Balaban J connectivity index is 1.74. The lowest BCUT2D eigenvalue weighted by Crippen LogP contribution is -2.24. The predicted octanol–water partition coefficient (Wildman–Crippen LogP) is 3.54. The van der Waals surface area contributed by atoms with Crippen molar-refractivity contribution in [1.29, 1.82) is 0 Å². The van der Waals surface area contributed by atoms with E-state index in [-0.39, 0.29) is 11.8 Å². The van der Waals surface area contributed by atoms with E-state index in [1.165, 1.54) is 28.7 Å². The largest absolute Gasteiger partial charge is 0.350 e. The molecule has 0 atom stereocenters. The smallest absolute Gasteiger partial charge is 0.261 e. The number of rotatable bonds is 6. The molecular weight excluding hydrogens is 316 g/mol. The highest BCUT2D eigenvalue weighted by molar-refractivity contribution is 7.99. The number of amides is 2. The molecule has 2 amide bonds. The van der Waals surface area contributed by atoms with Gasteiger partial charge in [0.25, 0.3) is 5.91 Å². The molecule has 1 aromatic heterocycles. The van der Waals surface area contributed by atoms with Crippen LogP contribution in [0.2, 0.25) is 0 Å². The number of aryl methyl sites for hydroxylation is 1. The molecule has 0 saturated heterocycles. The van der Waals surface area contributed by atoms with Crippen molar-refractivity contribution in [2.45, 2.75) is 18.7 Å². The van der Waals surface area contributed by atoms with Gasteiger partial charge in [0, 0.05) is 24.1 Å². The van der Waals surface area contributed by atoms with Crippen LogP contribution in [-0.4, -0.2) is 24.1 Å². The zero-order valence-corrected chi connectivity index (χ0v) is 14.1. The van der Waals surface area contributed by atoms with Crippen LogP contribution in [0.1, 0.15) is 22.2 Å². The van der Waals surface area contributed by atoms with Crippen LogP contribution < -0.4 is 10.6 Å². The molecule has 1 heterocycles. The third kappa shape index (κ3) is 5.20. The molecule has 22 heavy (non-hydrogen) atoms. The normalized spacial score (nSPS) is 10.3. The molecule has 0 aliphatic rings. The third-order valence-corrected chi connectivity index (χ3v) is 4.82. The van der Waals surface area contributed by atoms with Gasteiger partial charge in [-0.3, -0.25) is 9.59 Å². The molecule has 0 aliphatic heterocycles. The number of benzene rings is 1. The summed E-state index contributed by atoms with van der Waals surface area (Å²) in [6.45, 7) is 4.11. The van der Waals surface area contributed by atoms with Crippen molar-refractivity contribution in [2.24, 2.45) is 0 Å². The maximum Gasteiger partial charge on any atom is 0.261 e. The number of carbonyl (C=O) groups excluding carboxylic acids is 2. The molecule has 0 unspecified atom stereocenters. The summed E-state index contributed by atoms with van der Waals surface area (Å²) in [5, 5.41) is 6.24. The molecule has 0 fully saturated rings. The minimum atomic E-state index is -0.136. The Bertz CT molecular complexity index is 650. The number of nitrogens with one attached hydrogen (secondary N) is 2. The van der Waals surface area contributed by atoms with Gasteiger partial charge in [-0.25, -0.2) is 0 Å². The quantitative estimate of drug-likeness (QED) is 0.627. The van der Waals surface area contributed by atoms with E-state index in [1.54, 1.807) is 23.9 Å². The van der Waals surface area contributed by atoms with Crippen LogP contribution in [0.15, 0.2) is 41.3 Å². The van der Waals surface area contributed by atoms with E-state index in [4.69, 9.17) is 0 Å². The van der Waals surface area contributed by atoms with E-state index in [1.807, 2.05) is 0 Å². The lowest BCUT2D eigenvalue weighted by Gasteiger charge is -2.04. The highest BCUT2D eigenvalue weighted by Gasteiger charge is 2.09. The average Bonchev–Trinajstić information content (AvgIpc) is 2.93. The first-order valence-electron chi connectivity index (χ1n) is 6.89. The van der Waals surface area contributed by atoms with E-state index in [0.29, 0.717) is 16.4 Å². The third-order valence-electron chi connectivity index (χ3n) is 2.81. The minimum absolute atomic E-state index is 0.105. The number of hydrogen-bond acceptors (Lipinski definition) is 4. The maximum atomic E-state index is 12.0. The van der Waals surface area contributed by atoms with Crippen LogP contribution in [0.5, 0.6) is 0 Å². The fourth-order valence-corrected chi connectivity index (χ4v) is 3.39. The van der Waals surface area contributed by atoms with Crippen LogP contribution in [0.4, 0.5) is 5.00 Å². The summed E-state index contributed by atoms with van der Waals surface area (Å²) in [5.41, 5.74) is 1.24. The zero-order chi connectivity index (χ0) is 15.9. The monoisotopic (exact) mass is 334 g/mol. The number of carbonyl (C=O) groups is 2. The fourth-order valence-electron chi connectivity index (χ4n) is 1.76. The Morgan fingerprint density at radius 2 is 1.86 bits per heavy atom. The Morgan fingerprint density at radius 3 is 2.55 bits per heavy atom. The van der Waals surface area contributed by atoms with Crippen LogP contribution in [0.25, 0.3) is 0 Å². The van der Waals surface area contributed by atoms with Gasteiger partial charge in [0.2, 0.25) is 5.91 Å². The summed E-state index contributed by atoms with van der Waals surface area (Å²) in [5.74, 6) is 0.577. The predicted molar refractivity (Wildman–Crippen MR) is 92.9 cm³/mol. The van der Waals surface area contributed by atoms with Crippen LogP contribution >= 0.6 is 23.1 Å². The zero-order valence-electron chi connectivity index (χ0n) is 12.5. The molecule has 2 aromatic rings. The van der Waals surface area contributed by atoms with Crippen molar-refractivity contribution >= 4 is 39.9 Å².